The second kappa shape index (κ2) is 7.50. The van der Waals surface area contributed by atoms with E-state index in [1.807, 2.05) is 4.90 Å². The zero-order chi connectivity index (χ0) is 15.2. The molecular weight excluding hydrogens is 274 g/mol. The van der Waals surface area contributed by atoms with Crippen LogP contribution in [0, 0.1) is 17.6 Å². The second-order valence-corrected chi connectivity index (χ2v) is 5.67. The van der Waals surface area contributed by atoms with Crippen LogP contribution >= 0.6 is 0 Å². The van der Waals surface area contributed by atoms with Crippen molar-refractivity contribution in [2.24, 2.45) is 5.92 Å². The summed E-state index contributed by atoms with van der Waals surface area (Å²) in [5, 5.41) is 2.88. The Bertz CT molecular complexity index is 493. The summed E-state index contributed by atoms with van der Waals surface area (Å²) in [4.78, 5) is 13.8. The number of benzene rings is 1. The number of piperidine rings is 1. The Balaban J connectivity index is 1.85. The van der Waals surface area contributed by atoms with Crippen LogP contribution in [0.2, 0.25) is 0 Å². The molecule has 0 unspecified atom stereocenters. The molecule has 1 fully saturated rings. The number of aryl methyl sites for hydroxylation is 1. The number of hydrogen-bond donors (Lipinski definition) is 1. The summed E-state index contributed by atoms with van der Waals surface area (Å²) in [5.41, 5.74) is 0.813. The highest BCUT2D eigenvalue weighted by atomic mass is 19.2. The lowest BCUT2D eigenvalue weighted by Gasteiger charge is -2.33. The fourth-order valence-corrected chi connectivity index (χ4v) is 2.86. The molecule has 116 valence electrons. The number of amides is 1. The first kappa shape index (κ1) is 15.9. The van der Waals surface area contributed by atoms with Gasteiger partial charge in [-0.2, -0.15) is 0 Å². The average Bonchev–Trinajstić information content (AvgIpc) is 2.49. The monoisotopic (exact) mass is 296 g/mol. The molecule has 21 heavy (non-hydrogen) atoms. The van der Waals surface area contributed by atoms with E-state index >= 15 is 0 Å². The SMILES string of the molecule is CNCC(=O)N1CCC[C@H](CCc2ccc(F)c(F)c2)C1. The molecule has 1 N–H and O–H groups in total. The maximum Gasteiger partial charge on any atom is 0.236 e. The summed E-state index contributed by atoms with van der Waals surface area (Å²) in [7, 11) is 1.77. The third-order valence-electron chi connectivity index (χ3n) is 4.02. The van der Waals surface area contributed by atoms with Crippen molar-refractivity contribution in [3.8, 4) is 0 Å². The van der Waals surface area contributed by atoms with Gasteiger partial charge >= 0.3 is 0 Å². The number of likely N-dealkylation sites (tertiary alicyclic amines) is 1. The van der Waals surface area contributed by atoms with Gasteiger partial charge in [-0.3, -0.25) is 4.79 Å². The van der Waals surface area contributed by atoms with Crippen molar-refractivity contribution >= 4 is 5.91 Å². The minimum Gasteiger partial charge on any atom is -0.341 e. The summed E-state index contributed by atoms with van der Waals surface area (Å²) < 4.78 is 26.0. The predicted octanol–water partition coefficient (Wildman–Crippen LogP) is 2.36. The van der Waals surface area contributed by atoms with Gasteiger partial charge < -0.3 is 10.2 Å². The zero-order valence-corrected chi connectivity index (χ0v) is 12.4. The van der Waals surface area contributed by atoms with E-state index in [0.29, 0.717) is 12.5 Å². The van der Waals surface area contributed by atoms with Gasteiger partial charge in [-0.05, 0) is 56.3 Å². The van der Waals surface area contributed by atoms with Crippen LogP contribution in [0.25, 0.3) is 0 Å². The minimum atomic E-state index is -0.805. The fraction of sp³-hybridized carbons (Fsp3) is 0.562. The number of hydrogen-bond acceptors (Lipinski definition) is 2. The predicted molar refractivity (Wildman–Crippen MR) is 77.9 cm³/mol. The Hall–Kier alpha value is -1.49. The van der Waals surface area contributed by atoms with E-state index in [0.717, 1.165) is 44.3 Å². The van der Waals surface area contributed by atoms with Gasteiger partial charge in [0, 0.05) is 13.1 Å². The molecule has 5 heteroatoms. The van der Waals surface area contributed by atoms with Crippen LogP contribution in [0.1, 0.15) is 24.8 Å². The number of halogens is 2. The Kier molecular flexibility index (Phi) is 5.67. The average molecular weight is 296 g/mol. The van der Waals surface area contributed by atoms with Gasteiger partial charge in [-0.15, -0.1) is 0 Å². The van der Waals surface area contributed by atoms with Gasteiger partial charge in [0.1, 0.15) is 0 Å². The topological polar surface area (TPSA) is 32.3 Å². The van der Waals surface area contributed by atoms with E-state index in [-0.39, 0.29) is 5.91 Å². The number of carbonyl (C=O) groups excluding carboxylic acids is 1. The lowest BCUT2D eigenvalue weighted by molar-refractivity contribution is -0.131. The van der Waals surface area contributed by atoms with Gasteiger partial charge in [0.05, 0.1) is 6.54 Å². The first-order valence-corrected chi connectivity index (χ1v) is 7.46. The van der Waals surface area contributed by atoms with Crippen LogP contribution in [0.5, 0.6) is 0 Å². The van der Waals surface area contributed by atoms with E-state index in [9.17, 15) is 13.6 Å². The molecule has 1 saturated heterocycles. The molecule has 0 radical (unpaired) electrons. The molecule has 1 amide bonds. The van der Waals surface area contributed by atoms with Crippen LogP contribution in [0.3, 0.4) is 0 Å². The fourth-order valence-electron chi connectivity index (χ4n) is 2.86. The molecule has 1 aromatic carbocycles. The molecule has 0 bridgehead atoms. The highest BCUT2D eigenvalue weighted by molar-refractivity contribution is 5.78. The third kappa shape index (κ3) is 4.49. The summed E-state index contributed by atoms with van der Waals surface area (Å²) in [6.45, 7) is 1.96. The smallest absolute Gasteiger partial charge is 0.236 e. The summed E-state index contributed by atoms with van der Waals surface area (Å²) in [6, 6.07) is 4.07. The first-order valence-electron chi connectivity index (χ1n) is 7.46. The number of likely N-dealkylation sites (N-methyl/N-ethyl adjacent to an activating group) is 1. The first-order chi connectivity index (χ1) is 10.1. The molecular formula is C16H22F2N2O. The molecule has 1 aliphatic rings. The largest absolute Gasteiger partial charge is 0.341 e. The zero-order valence-electron chi connectivity index (χ0n) is 12.4. The standard InChI is InChI=1S/C16H22F2N2O/c1-19-10-16(21)20-8-2-3-13(11-20)5-4-12-6-7-14(17)15(18)9-12/h6-7,9,13,19H,2-5,8,10-11H2,1H3/t13-/m1/s1. The van der Waals surface area contributed by atoms with Gasteiger partial charge in [-0.1, -0.05) is 6.07 Å². The summed E-state index contributed by atoms with van der Waals surface area (Å²) in [6.07, 6.45) is 3.72. The maximum absolute atomic E-state index is 13.2. The molecule has 2 rings (SSSR count). The van der Waals surface area contributed by atoms with Crippen molar-refractivity contribution in [2.45, 2.75) is 25.7 Å². The molecule has 1 heterocycles. The molecule has 0 spiro atoms. The van der Waals surface area contributed by atoms with Crippen molar-refractivity contribution in [1.29, 1.82) is 0 Å². The van der Waals surface area contributed by atoms with Crippen molar-refractivity contribution in [1.82, 2.24) is 10.2 Å². The lowest BCUT2D eigenvalue weighted by Crippen LogP contribution is -2.43. The van der Waals surface area contributed by atoms with E-state index in [1.54, 1.807) is 13.1 Å². The normalized spacial score (nSPS) is 18.8. The van der Waals surface area contributed by atoms with Crippen LogP contribution in [-0.4, -0.2) is 37.5 Å². The summed E-state index contributed by atoms with van der Waals surface area (Å²) >= 11 is 0. The highest BCUT2D eigenvalue weighted by Crippen LogP contribution is 2.22. The van der Waals surface area contributed by atoms with Crippen LogP contribution in [0.15, 0.2) is 18.2 Å². The lowest BCUT2D eigenvalue weighted by atomic mass is 9.91. The summed E-state index contributed by atoms with van der Waals surface area (Å²) in [5.74, 6) is -1.02. The molecule has 1 aromatic rings. The number of nitrogens with zero attached hydrogens (tertiary/aromatic N) is 1. The Morgan fingerprint density at radius 3 is 2.90 bits per heavy atom. The quantitative estimate of drug-likeness (QED) is 0.904. The van der Waals surface area contributed by atoms with Crippen LogP contribution < -0.4 is 5.32 Å². The number of rotatable bonds is 5. The molecule has 3 nitrogen and oxygen atoms in total. The van der Waals surface area contributed by atoms with E-state index in [2.05, 4.69) is 5.32 Å². The second-order valence-electron chi connectivity index (χ2n) is 5.67. The number of nitrogens with one attached hydrogen (secondary N) is 1. The maximum atomic E-state index is 13.2. The van der Waals surface area contributed by atoms with E-state index < -0.39 is 11.6 Å². The van der Waals surface area contributed by atoms with Gasteiger partial charge in [0.2, 0.25) is 5.91 Å². The molecule has 1 aliphatic heterocycles. The van der Waals surface area contributed by atoms with E-state index in [4.69, 9.17) is 0 Å². The molecule has 0 aromatic heterocycles. The molecule has 0 saturated carbocycles. The van der Waals surface area contributed by atoms with Crippen LogP contribution in [0.4, 0.5) is 8.78 Å². The van der Waals surface area contributed by atoms with Gasteiger partial charge in [0.15, 0.2) is 11.6 Å². The van der Waals surface area contributed by atoms with Crippen LogP contribution in [-0.2, 0) is 11.2 Å². The van der Waals surface area contributed by atoms with Crippen molar-refractivity contribution in [3.63, 3.8) is 0 Å². The van der Waals surface area contributed by atoms with Gasteiger partial charge in [0.25, 0.3) is 0 Å². The Morgan fingerprint density at radius 2 is 2.19 bits per heavy atom. The molecule has 1 atom stereocenters. The molecule has 0 aliphatic carbocycles. The van der Waals surface area contributed by atoms with Crippen molar-refractivity contribution in [3.05, 3.63) is 35.4 Å². The van der Waals surface area contributed by atoms with Crippen molar-refractivity contribution < 1.29 is 13.6 Å². The van der Waals surface area contributed by atoms with Gasteiger partial charge in [-0.25, -0.2) is 8.78 Å². The number of carbonyl (C=O) groups is 1. The Morgan fingerprint density at radius 1 is 1.38 bits per heavy atom. The minimum absolute atomic E-state index is 0.134. The third-order valence-corrected chi connectivity index (χ3v) is 4.02. The Labute approximate surface area is 124 Å². The van der Waals surface area contributed by atoms with Crippen molar-refractivity contribution in [2.75, 3.05) is 26.7 Å². The van der Waals surface area contributed by atoms with E-state index in [1.165, 1.54) is 12.1 Å². The highest BCUT2D eigenvalue weighted by Gasteiger charge is 2.22.